The number of benzene rings is 2. The average Bonchev–Trinajstić information content (AvgIpc) is 2.67. The summed E-state index contributed by atoms with van der Waals surface area (Å²) in [4.78, 5) is 27.4. The number of nitrogens with one attached hydrogen (secondary N) is 2. The third-order valence-corrected chi connectivity index (χ3v) is 4.39. The van der Waals surface area contributed by atoms with Gasteiger partial charge in [-0.25, -0.2) is 0 Å². The zero-order valence-electron chi connectivity index (χ0n) is 15.8. The third-order valence-electron chi connectivity index (χ3n) is 4.39. The van der Waals surface area contributed by atoms with E-state index in [1.54, 1.807) is 30.3 Å². The van der Waals surface area contributed by atoms with Crippen LogP contribution < -0.4 is 15.6 Å². The summed E-state index contributed by atoms with van der Waals surface area (Å²) in [7, 11) is 0. The quantitative estimate of drug-likeness (QED) is 0.614. The smallest absolute Gasteiger partial charge is 0.253 e. The monoisotopic (exact) mass is 378 g/mol. The molecule has 0 radical (unpaired) electrons. The van der Waals surface area contributed by atoms with Crippen LogP contribution in [0, 0.1) is 13.8 Å². The van der Waals surface area contributed by atoms with Gasteiger partial charge in [-0.1, -0.05) is 24.3 Å². The van der Waals surface area contributed by atoms with E-state index >= 15 is 0 Å². The van der Waals surface area contributed by atoms with Crippen LogP contribution in [0.3, 0.4) is 0 Å². The van der Waals surface area contributed by atoms with Gasteiger partial charge in [-0.2, -0.15) is 0 Å². The van der Waals surface area contributed by atoms with Gasteiger partial charge in [-0.15, -0.1) is 0 Å². The molecule has 1 aromatic heterocycles. The number of ether oxygens (including phenoxy) is 1. The third kappa shape index (κ3) is 4.47. The second kappa shape index (κ2) is 8.54. The Kier molecular flexibility index (Phi) is 5.91. The second-order valence-electron chi connectivity index (χ2n) is 6.52. The molecular weight excluding hydrogens is 356 g/mol. The zero-order chi connectivity index (χ0) is 20.1. The van der Waals surface area contributed by atoms with Crippen molar-refractivity contribution in [2.45, 2.75) is 27.0 Å². The lowest BCUT2D eigenvalue weighted by Crippen LogP contribution is -2.28. The number of amides is 1. The van der Waals surface area contributed by atoms with E-state index in [0.29, 0.717) is 28.2 Å². The molecule has 0 aliphatic heterocycles. The van der Waals surface area contributed by atoms with Crippen LogP contribution >= 0.6 is 0 Å². The Hall–Kier alpha value is -3.38. The highest BCUT2D eigenvalue weighted by Gasteiger charge is 2.13. The Bertz CT molecular complexity index is 1040. The van der Waals surface area contributed by atoms with Gasteiger partial charge in [0.15, 0.2) is 0 Å². The Morgan fingerprint density at radius 3 is 2.54 bits per heavy atom. The molecule has 1 amide bonds. The first-order valence-corrected chi connectivity index (χ1v) is 8.92. The molecular formula is C22H22N2O4. The van der Waals surface area contributed by atoms with E-state index in [0.717, 1.165) is 11.3 Å². The van der Waals surface area contributed by atoms with Crippen molar-refractivity contribution in [2.75, 3.05) is 0 Å². The summed E-state index contributed by atoms with van der Waals surface area (Å²) in [5, 5.41) is 12.3. The van der Waals surface area contributed by atoms with Gasteiger partial charge in [-0.05, 0) is 49.7 Å². The normalized spacial score (nSPS) is 10.5. The van der Waals surface area contributed by atoms with E-state index in [-0.39, 0.29) is 24.6 Å². The molecule has 1 heterocycles. The standard InChI is InChI=1S/C22H22N2O4/c1-14-10-15(2)24-22(27)19(14)12-23-21(26)16-8-9-17(13-25)20(11-16)28-18-6-4-3-5-7-18/h3-11,25H,12-13H2,1-2H3,(H,23,26)(H,24,27). The summed E-state index contributed by atoms with van der Waals surface area (Å²) >= 11 is 0. The molecule has 0 fully saturated rings. The highest BCUT2D eigenvalue weighted by molar-refractivity contribution is 5.94. The number of carbonyl (C=O) groups is 1. The highest BCUT2D eigenvalue weighted by atomic mass is 16.5. The maximum atomic E-state index is 12.6. The summed E-state index contributed by atoms with van der Waals surface area (Å²) in [5.41, 5.74) is 2.87. The van der Waals surface area contributed by atoms with E-state index in [9.17, 15) is 14.7 Å². The van der Waals surface area contributed by atoms with Gasteiger partial charge in [0.2, 0.25) is 0 Å². The minimum absolute atomic E-state index is 0.122. The van der Waals surface area contributed by atoms with E-state index < -0.39 is 0 Å². The minimum atomic E-state index is -0.332. The van der Waals surface area contributed by atoms with Crippen LogP contribution in [0.2, 0.25) is 0 Å². The van der Waals surface area contributed by atoms with Crippen molar-refractivity contribution < 1.29 is 14.6 Å². The Labute approximate surface area is 162 Å². The van der Waals surface area contributed by atoms with Gasteiger partial charge in [0.25, 0.3) is 11.5 Å². The molecule has 0 aliphatic rings. The summed E-state index contributed by atoms with van der Waals surface area (Å²) < 4.78 is 5.81. The summed E-state index contributed by atoms with van der Waals surface area (Å²) in [6.07, 6.45) is 0. The number of aliphatic hydroxyl groups is 1. The number of hydrogen-bond donors (Lipinski definition) is 3. The Morgan fingerprint density at radius 2 is 1.86 bits per heavy atom. The second-order valence-corrected chi connectivity index (χ2v) is 6.52. The maximum Gasteiger partial charge on any atom is 0.253 e. The predicted molar refractivity (Wildman–Crippen MR) is 107 cm³/mol. The molecule has 3 N–H and O–H groups in total. The molecule has 0 atom stereocenters. The van der Waals surface area contributed by atoms with E-state index in [2.05, 4.69) is 10.3 Å². The molecule has 6 heteroatoms. The van der Waals surface area contributed by atoms with Crippen LogP contribution in [0.4, 0.5) is 0 Å². The highest BCUT2D eigenvalue weighted by Crippen LogP contribution is 2.26. The zero-order valence-corrected chi connectivity index (χ0v) is 15.8. The fourth-order valence-electron chi connectivity index (χ4n) is 2.91. The largest absolute Gasteiger partial charge is 0.457 e. The molecule has 3 aromatic rings. The molecule has 2 aromatic carbocycles. The van der Waals surface area contributed by atoms with Crippen molar-refractivity contribution in [1.82, 2.24) is 10.3 Å². The van der Waals surface area contributed by atoms with E-state index in [4.69, 9.17) is 4.74 Å². The summed E-state index contributed by atoms with van der Waals surface area (Å²) in [6.45, 7) is 3.57. The number of aryl methyl sites for hydroxylation is 2. The first kappa shape index (κ1) is 19.4. The number of pyridine rings is 1. The number of aromatic nitrogens is 1. The van der Waals surface area contributed by atoms with Gasteiger partial charge in [0.1, 0.15) is 11.5 Å². The topological polar surface area (TPSA) is 91.4 Å². The lowest BCUT2D eigenvalue weighted by atomic mass is 10.1. The SMILES string of the molecule is Cc1cc(C)c(CNC(=O)c2ccc(CO)c(Oc3ccccc3)c2)c(=O)[nH]1. The van der Waals surface area contributed by atoms with Gasteiger partial charge in [0, 0.05) is 28.9 Å². The number of hydrogen-bond acceptors (Lipinski definition) is 4. The number of rotatable bonds is 6. The van der Waals surface area contributed by atoms with E-state index in [1.807, 2.05) is 38.1 Å². The number of H-pyrrole nitrogens is 1. The summed E-state index contributed by atoms with van der Waals surface area (Å²) in [6, 6.07) is 15.9. The predicted octanol–water partition coefficient (Wildman–Crippen LogP) is 3.21. The van der Waals surface area contributed by atoms with Crippen molar-refractivity contribution in [3.05, 3.63) is 92.9 Å². The fourth-order valence-corrected chi connectivity index (χ4v) is 2.91. The Morgan fingerprint density at radius 1 is 1.11 bits per heavy atom. The molecule has 0 aliphatic carbocycles. The molecule has 0 saturated heterocycles. The molecule has 0 unspecified atom stereocenters. The van der Waals surface area contributed by atoms with Gasteiger partial charge in [0.05, 0.1) is 6.61 Å². The van der Waals surface area contributed by atoms with Crippen LogP contribution in [0.25, 0.3) is 0 Å². The number of aliphatic hydroxyl groups excluding tert-OH is 1. The Balaban J connectivity index is 1.79. The van der Waals surface area contributed by atoms with Crippen LogP contribution in [0.5, 0.6) is 11.5 Å². The van der Waals surface area contributed by atoms with Gasteiger partial charge < -0.3 is 20.1 Å². The number of carbonyl (C=O) groups excluding carboxylic acids is 1. The first-order chi connectivity index (χ1) is 13.5. The summed E-state index contributed by atoms with van der Waals surface area (Å²) in [5.74, 6) is 0.684. The fraction of sp³-hybridized carbons (Fsp3) is 0.182. The lowest BCUT2D eigenvalue weighted by Gasteiger charge is -2.12. The van der Waals surface area contributed by atoms with Gasteiger partial charge >= 0.3 is 0 Å². The van der Waals surface area contributed by atoms with Crippen LogP contribution in [-0.2, 0) is 13.2 Å². The number of aromatic amines is 1. The molecule has 0 spiro atoms. The van der Waals surface area contributed by atoms with Crippen molar-refractivity contribution in [3.63, 3.8) is 0 Å². The lowest BCUT2D eigenvalue weighted by molar-refractivity contribution is 0.0950. The number of para-hydroxylation sites is 1. The van der Waals surface area contributed by atoms with Gasteiger partial charge in [-0.3, -0.25) is 9.59 Å². The molecule has 144 valence electrons. The molecule has 3 rings (SSSR count). The van der Waals surface area contributed by atoms with Crippen LogP contribution in [-0.4, -0.2) is 16.0 Å². The molecule has 6 nitrogen and oxygen atoms in total. The first-order valence-electron chi connectivity index (χ1n) is 8.92. The van der Waals surface area contributed by atoms with Crippen LogP contribution in [0.15, 0.2) is 59.4 Å². The van der Waals surface area contributed by atoms with Crippen molar-refractivity contribution in [3.8, 4) is 11.5 Å². The minimum Gasteiger partial charge on any atom is -0.457 e. The van der Waals surface area contributed by atoms with Crippen molar-refractivity contribution >= 4 is 5.91 Å². The molecule has 0 saturated carbocycles. The van der Waals surface area contributed by atoms with Crippen LogP contribution in [0.1, 0.15) is 32.7 Å². The van der Waals surface area contributed by atoms with Crippen molar-refractivity contribution in [2.24, 2.45) is 0 Å². The van der Waals surface area contributed by atoms with E-state index in [1.165, 1.54) is 0 Å². The maximum absolute atomic E-state index is 12.6. The van der Waals surface area contributed by atoms with Crippen molar-refractivity contribution in [1.29, 1.82) is 0 Å². The molecule has 0 bridgehead atoms. The average molecular weight is 378 g/mol. The molecule has 28 heavy (non-hydrogen) atoms.